The van der Waals surface area contributed by atoms with Gasteiger partial charge in [0.25, 0.3) is 0 Å². The Labute approximate surface area is 283 Å². The maximum Gasteiger partial charge on any atom is 0.407 e. The molecule has 1 aliphatic heterocycles. The first-order valence-electron chi connectivity index (χ1n) is 16.0. The summed E-state index contributed by atoms with van der Waals surface area (Å²) >= 11 is 6.53. The summed E-state index contributed by atoms with van der Waals surface area (Å²) in [5.41, 5.74) is 7.41. The minimum absolute atomic E-state index is 0.0780. The monoisotopic (exact) mass is 696 g/mol. The van der Waals surface area contributed by atoms with E-state index in [0.717, 1.165) is 30.5 Å². The Morgan fingerprint density at radius 1 is 1.09 bits per heavy atom. The fourth-order valence-corrected chi connectivity index (χ4v) is 7.28. The molecule has 1 fully saturated rings. The molecule has 0 saturated carbocycles. The number of hydrogen-bond donors (Lipinski definition) is 3. The van der Waals surface area contributed by atoms with Crippen LogP contribution < -0.4 is 25.2 Å². The Balaban J connectivity index is 1.48. The Morgan fingerprint density at radius 2 is 1.83 bits per heavy atom. The highest BCUT2D eigenvalue weighted by Crippen LogP contribution is 2.44. The zero-order valence-electron chi connectivity index (χ0n) is 28.0. The van der Waals surface area contributed by atoms with E-state index in [4.69, 9.17) is 41.0 Å². The molecule has 1 amide bonds. The quantitative estimate of drug-likeness (QED) is 0.234. The number of methoxy groups -OCH3 is 1. The Kier molecular flexibility index (Phi) is 13.2. The second kappa shape index (κ2) is 16.6. The molecule has 1 saturated heterocycles. The van der Waals surface area contributed by atoms with Crippen LogP contribution in [0.3, 0.4) is 0 Å². The van der Waals surface area contributed by atoms with Crippen molar-refractivity contribution in [2.75, 3.05) is 59.7 Å². The van der Waals surface area contributed by atoms with Gasteiger partial charge in [-0.2, -0.15) is 0 Å². The number of ether oxygens (including phenoxy) is 5. The summed E-state index contributed by atoms with van der Waals surface area (Å²) < 4.78 is 57.2. The van der Waals surface area contributed by atoms with E-state index in [1.165, 1.54) is 6.07 Å². The summed E-state index contributed by atoms with van der Waals surface area (Å²) in [7, 11) is -2.14. The standard InChI is InChI=1S/C33H49ClN4O8S/c1-22-17-25(47(40,41)36-11-14-44-16-15-43-13-10-35)8-9-29(22)45-31-27-18-23(34)19-30(42-5)26(27)20-28(31)38-12-6-7-24(21-38)37-32(39)46-33(2,3)4/h8-9,17-19,24,28,31,36H,6-7,10-16,20-21,35H2,1-5H3,(H,37,39)/t24-,28+,31+/m1/s1. The number of aryl methyl sites for hydroxylation is 1. The van der Waals surface area contributed by atoms with Crippen LogP contribution in [0.15, 0.2) is 35.2 Å². The van der Waals surface area contributed by atoms with Gasteiger partial charge in [-0.3, -0.25) is 4.90 Å². The van der Waals surface area contributed by atoms with E-state index >= 15 is 0 Å². The van der Waals surface area contributed by atoms with E-state index in [1.54, 1.807) is 19.2 Å². The maximum atomic E-state index is 13.0. The minimum atomic E-state index is -3.77. The molecule has 0 aromatic heterocycles. The van der Waals surface area contributed by atoms with Gasteiger partial charge < -0.3 is 34.7 Å². The Bertz CT molecular complexity index is 1470. The van der Waals surface area contributed by atoms with Crippen molar-refractivity contribution in [3.63, 3.8) is 0 Å². The van der Waals surface area contributed by atoms with Crippen molar-refractivity contribution in [1.29, 1.82) is 0 Å². The van der Waals surface area contributed by atoms with Crippen LogP contribution in [0.1, 0.15) is 56.4 Å². The van der Waals surface area contributed by atoms with Gasteiger partial charge in [0.1, 0.15) is 23.2 Å². The number of sulfonamides is 1. The van der Waals surface area contributed by atoms with Gasteiger partial charge in [0, 0.05) is 41.8 Å². The van der Waals surface area contributed by atoms with Crippen LogP contribution in [0.4, 0.5) is 4.79 Å². The highest BCUT2D eigenvalue weighted by molar-refractivity contribution is 7.89. The number of nitrogens with two attached hydrogens (primary N) is 1. The van der Waals surface area contributed by atoms with Crippen LogP contribution >= 0.6 is 11.6 Å². The Morgan fingerprint density at radius 3 is 2.51 bits per heavy atom. The predicted molar refractivity (Wildman–Crippen MR) is 180 cm³/mol. The molecule has 2 aromatic rings. The molecule has 2 aliphatic rings. The molecule has 0 bridgehead atoms. The first kappa shape index (κ1) is 37.2. The summed E-state index contributed by atoms with van der Waals surface area (Å²) in [6.07, 6.45) is 1.55. The number of carbonyl (C=O) groups is 1. The highest BCUT2D eigenvalue weighted by Gasteiger charge is 2.42. The zero-order valence-corrected chi connectivity index (χ0v) is 29.5. The molecule has 0 radical (unpaired) electrons. The largest absolute Gasteiger partial charge is 0.496 e. The molecule has 262 valence electrons. The molecule has 12 nitrogen and oxygen atoms in total. The van der Waals surface area contributed by atoms with E-state index in [0.29, 0.717) is 61.4 Å². The highest BCUT2D eigenvalue weighted by atomic mass is 35.5. The molecule has 47 heavy (non-hydrogen) atoms. The second-order valence-corrected chi connectivity index (χ2v) is 15.0. The van der Waals surface area contributed by atoms with Gasteiger partial charge >= 0.3 is 6.09 Å². The van der Waals surface area contributed by atoms with Crippen molar-refractivity contribution < 1.29 is 36.9 Å². The number of piperidine rings is 1. The third-order valence-corrected chi connectivity index (χ3v) is 9.70. The van der Waals surface area contributed by atoms with E-state index in [9.17, 15) is 13.2 Å². The second-order valence-electron chi connectivity index (χ2n) is 12.8. The number of hydrogen-bond acceptors (Lipinski definition) is 10. The molecule has 4 rings (SSSR count). The number of rotatable bonds is 15. The number of amides is 1. The molecule has 4 N–H and O–H groups in total. The first-order valence-corrected chi connectivity index (χ1v) is 17.9. The number of nitrogens with one attached hydrogen (secondary N) is 2. The molecule has 14 heteroatoms. The van der Waals surface area contributed by atoms with Crippen molar-refractivity contribution in [2.45, 2.75) is 75.6 Å². The number of halogens is 1. The van der Waals surface area contributed by atoms with Gasteiger partial charge in [-0.1, -0.05) is 11.6 Å². The molecule has 1 aliphatic carbocycles. The lowest BCUT2D eigenvalue weighted by atomic mass is 10.0. The molecule has 0 unspecified atom stereocenters. The number of alkyl carbamates (subject to hydrolysis) is 1. The average Bonchev–Trinajstić information content (AvgIpc) is 3.36. The van der Waals surface area contributed by atoms with E-state index in [-0.39, 0.29) is 30.1 Å². The van der Waals surface area contributed by atoms with Crippen molar-refractivity contribution in [2.24, 2.45) is 5.73 Å². The van der Waals surface area contributed by atoms with Gasteiger partial charge in [-0.15, -0.1) is 0 Å². The van der Waals surface area contributed by atoms with E-state index in [1.807, 2.05) is 39.8 Å². The summed E-state index contributed by atoms with van der Waals surface area (Å²) in [6.45, 7) is 10.8. The lowest BCUT2D eigenvalue weighted by Crippen LogP contribution is -2.53. The average molecular weight is 697 g/mol. The topological polar surface area (TPSA) is 151 Å². The third-order valence-electron chi connectivity index (χ3n) is 8.02. The molecule has 2 aromatic carbocycles. The zero-order chi connectivity index (χ0) is 34.2. The van der Waals surface area contributed by atoms with Crippen molar-refractivity contribution >= 4 is 27.7 Å². The number of fused-ring (bicyclic) bond motifs is 1. The van der Waals surface area contributed by atoms with E-state index < -0.39 is 27.8 Å². The van der Waals surface area contributed by atoms with Crippen LogP contribution in [0.2, 0.25) is 5.02 Å². The van der Waals surface area contributed by atoms with Crippen molar-refractivity contribution in [3.8, 4) is 11.5 Å². The molecule has 0 spiro atoms. The van der Waals surface area contributed by atoms with Crippen LogP contribution in [0.25, 0.3) is 0 Å². The Hall–Kier alpha value is -2.65. The lowest BCUT2D eigenvalue weighted by Gasteiger charge is -2.39. The molecule has 1 heterocycles. The fourth-order valence-electron chi connectivity index (χ4n) is 5.97. The summed E-state index contributed by atoms with van der Waals surface area (Å²) in [6, 6.07) is 8.39. The van der Waals surface area contributed by atoms with Gasteiger partial charge in [-0.25, -0.2) is 17.9 Å². The van der Waals surface area contributed by atoms with Gasteiger partial charge in [-0.05, 0) is 89.4 Å². The summed E-state index contributed by atoms with van der Waals surface area (Å²) in [5, 5.41) is 3.57. The molecular weight excluding hydrogens is 648 g/mol. The number of benzene rings is 2. The summed E-state index contributed by atoms with van der Waals surface area (Å²) in [4.78, 5) is 15.0. The van der Waals surface area contributed by atoms with Crippen LogP contribution in [-0.2, 0) is 30.7 Å². The fraction of sp³-hybridized carbons (Fsp3) is 0.606. The first-order chi connectivity index (χ1) is 22.3. The van der Waals surface area contributed by atoms with Crippen LogP contribution in [0, 0.1) is 6.92 Å². The smallest absolute Gasteiger partial charge is 0.407 e. The normalized spacial score (nSPS) is 20.1. The number of carbonyl (C=O) groups excluding carboxylic acids is 1. The van der Waals surface area contributed by atoms with Crippen LogP contribution in [0.5, 0.6) is 11.5 Å². The predicted octanol–water partition coefficient (Wildman–Crippen LogP) is 3.96. The SMILES string of the molecule is COc1cc(Cl)cc2c1C[C@H](N1CCC[C@@H](NC(=O)OC(C)(C)C)C1)[C@H]2Oc1ccc(S(=O)(=O)NCCOCCOCCN)cc1C. The number of nitrogens with zero attached hydrogens (tertiary/aromatic N) is 1. The van der Waals surface area contributed by atoms with Gasteiger partial charge in [0.05, 0.1) is 44.5 Å². The minimum Gasteiger partial charge on any atom is -0.496 e. The van der Waals surface area contributed by atoms with Crippen molar-refractivity contribution in [3.05, 3.63) is 52.0 Å². The molecule has 3 atom stereocenters. The summed E-state index contributed by atoms with van der Waals surface area (Å²) in [5.74, 6) is 1.26. The maximum absolute atomic E-state index is 13.0. The third kappa shape index (κ3) is 10.4. The molecular formula is C33H49ClN4O8S. The number of likely N-dealkylation sites (tertiary alicyclic amines) is 1. The van der Waals surface area contributed by atoms with Gasteiger partial charge in [0.2, 0.25) is 10.0 Å². The van der Waals surface area contributed by atoms with Crippen LogP contribution in [-0.4, -0.2) is 96.8 Å². The van der Waals surface area contributed by atoms with Gasteiger partial charge in [0.15, 0.2) is 0 Å². The van der Waals surface area contributed by atoms with E-state index in [2.05, 4.69) is 14.9 Å². The lowest BCUT2D eigenvalue weighted by molar-refractivity contribution is 0.0360. The van der Waals surface area contributed by atoms with Crippen molar-refractivity contribution in [1.82, 2.24) is 14.9 Å².